The lowest BCUT2D eigenvalue weighted by atomic mass is 10.1. The highest BCUT2D eigenvalue weighted by Gasteiger charge is 2.18. The Bertz CT molecular complexity index is 663. The molecule has 0 saturated carbocycles. The van der Waals surface area contributed by atoms with E-state index in [-0.39, 0.29) is 11.0 Å². The minimum atomic E-state index is 0.114. The molecule has 0 spiro atoms. The molecule has 0 aliphatic carbocycles. The highest BCUT2D eigenvalue weighted by molar-refractivity contribution is 8.14. The van der Waals surface area contributed by atoms with Crippen molar-refractivity contribution in [1.29, 1.82) is 0 Å². The van der Waals surface area contributed by atoms with Gasteiger partial charge in [-0.2, -0.15) is 0 Å². The summed E-state index contributed by atoms with van der Waals surface area (Å²) in [5, 5.41) is 10.0. The number of aliphatic imine (C=N–C) groups is 1. The maximum atomic E-state index is 9.37. The van der Waals surface area contributed by atoms with Crippen molar-refractivity contribution in [1.82, 2.24) is 0 Å². The average Bonchev–Trinajstić information content (AvgIpc) is 2.48. The van der Waals surface area contributed by atoms with Crippen molar-refractivity contribution in [2.75, 3.05) is 0 Å². The maximum absolute atomic E-state index is 9.37. The Balaban J connectivity index is 1.96. The highest BCUT2D eigenvalue weighted by Crippen LogP contribution is 2.37. The molecule has 0 fully saturated rings. The molecule has 100 valence electrons. The normalized spacial score (nSPS) is 18.3. The Morgan fingerprint density at radius 1 is 1.00 bits per heavy atom. The predicted octanol–water partition coefficient (Wildman–Crippen LogP) is 3.54. The molecular formula is C16H14N2OS. The molecule has 0 saturated heterocycles. The van der Waals surface area contributed by atoms with Crippen molar-refractivity contribution >= 4 is 22.6 Å². The summed E-state index contributed by atoms with van der Waals surface area (Å²) in [6, 6.07) is 17.2. The van der Waals surface area contributed by atoms with Crippen molar-refractivity contribution in [2.45, 2.75) is 5.25 Å². The van der Waals surface area contributed by atoms with Crippen molar-refractivity contribution < 1.29 is 5.11 Å². The van der Waals surface area contributed by atoms with Gasteiger partial charge in [0, 0.05) is 0 Å². The van der Waals surface area contributed by atoms with Gasteiger partial charge in [-0.25, -0.2) is 4.99 Å². The highest BCUT2D eigenvalue weighted by atomic mass is 32.2. The summed E-state index contributed by atoms with van der Waals surface area (Å²) in [7, 11) is 0. The van der Waals surface area contributed by atoms with E-state index < -0.39 is 0 Å². The van der Waals surface area contributed by atoms with E-state index in [1.165, 1.54) is 11.8 Å². The number of benzene rings is 2. The van der Waals surface area contributed by atoms with Gasteiger partial charge in [-0.3, -0.25) is 0 Å². The molecule has 1 atom stereocenters. The molecule has 0 aromatic heterocycles. The zero-order chi connectivity index (χ0) is 13.9. The summed E-state index contributed by atoms with van der Waals surface area (Å²) >= 11 is 1.51. The summed E-state index contributed by atoms with van der Waals surface area (Å²) in [5.41, 5.74) is 8.98. The first-order valence-electron chi connectivity index (χ1n) is 6.29. The smallest absolute Gasteiger partial charge is 0.160 e. The van der Waals surface area contributed by atoms with Crippen molar-refractivity contribution in [3.63, 3.8) is 0 Å². The van der Waals surface area contributed by atoms with Crippen LogP contribution in [0.2, 0.25) is 0 Å². The summed E-state index contributed by atoms with van der Waals surface area (Å²) in [4.78, 5) is 4.41. The first-order valence-corrected chi connectivity index (χ1v) is 7.17. The summed E-state index contributed by atoms with van der Waals surface area (Å²) < 4.78 is 0. The lowest BCUT2D eigenvalue weighted by Gasteiger charge is -2.19. The molecule has 3 nitrogen and oxygen atoms in total. The van der Waals surface area contributed by atoms with Crippen LogP contribution < -0.4 is 5.73 Å². The Morgan fingerprint density at radius 2 is 1.70 bits per heavy atom. The number of amidine groups is 1. The molecule has 2 aromatic rings. The number of phenolic OH excluding ortho intramolecular Hbond substituents is 1. The number of hydrogen-bond donors (Lipinski definition) is 2. The van der Waals surface area contributed by atoms with Gasteiger partial charge in [-0.15, -0.1) is 0 Å². The van der Waals surface area contributed by atoms with Crippen LogP contribution in [-0.4, -0.2) is 10.3 Å². The Kier molecular flexibility index (Phi) is 3.48. The summed E-state index contributed by atoms with van der Waals surface area (Å²) in [6.07, 6.45) is 2.10. The van der Waals surface area contributed by atoms with Crippen LogP contribution >= 0.6 is 11.8 Å². The average molecular weight is 282 g/mol. The Hall–Kier alpha value is -2.20. The van der Waals surface area contributed by atoms with Gasteiger partial charge in [0.05, 0.1) is 10.9 Å². The van der Waals surface area contributed by atoms with E-state index in [0.29, 0.717) is 5.17 Å². The number of nitrogens with two attached hydrogens (primary N) is 1. The largest absolute Gasteiger partial charge is 0.508 e. The molecular weight excluding hydrogens is 268 g/mol. The molecule has 1 unspecified atom stereocenters. The van der Waals surface area contributed by atoms with Crippen molar-refractivity contribution in [3.8, 4) is 5.75 Å². The Labute approximate surface area is 121 Å². The van der Waals surface area contributed by atoms with Crippen LogP contribution in [0.3, 0.4) is 0 Å². The van der Waals surface area contributed by atoms with Crippen LogP contribution in [0.25, 0.3) is 5.70 Å². The lowest BCUT2D eigenvalue weighted by molar-refractivity contribution is 0.475. The first kappa shape index (κ1) is 12.8. The predicted molar refractivity (Wildman–Crippen MR) is 84.5 cm³/mol. The van der Waals surface area contributed by atoms with Crippen LogP contribution in [-0.2, 0) is 0 Å². The summed E-state index contributed by atoms with van der Waals surface area (Å²) in [5.74, 6) is 0.267. The van der Waals surface area contributed by atoms with E-state index in [0.717, 1.165) is 16.8 Å². The third-order valence-corrected chi connectivity index (χ3v) is 4.07. The SMILES string of the molecule is NC1=NC(c2ccccc2)=CC(c2ccc(O)cc2)S1. The molecule has 4 heteroatoms. The second-order valence-electron chi connectivity index (χ2n) is 4.50. The van der Waals surface area contributed by atoms with Gasteiger partial charge in [-0.05, 0) is 29.3 Å². The fourth-order valence-corrected chi connectivity index (χ4v) is 2.99. The van der Waals surface area contributed by atoms with E-state index >= 15 is 0 Å². The number of rotatable bonds is 2. The van der Waals surface area contributed by atoms with Crippen LogP contribution in [0.1, 0.15) is 16.4 Å². The molecule has 3 rings (SSSR count). The van der Waals surface area contributed by atoms with Gasteiger partial charge >= 0.3 is 0 Å². The zero-order valence-corrected chi connectivity index (χ0v) is 11.5. The first-order chi connectivity index (χ1) is 9.72. The molecule has 1 aliphatic heterocycles. The second-order valence-corrected chi connectivity index (χ2v) is 5.66. The lowest BCUT2D eigenvalue weighted by Crippen LogP contribution is -2.12. The quantitative estimate of drug-likeness (QED) is 0.885. The van der Waals surface area contributed by atoms with E-state index in [2.05, 4.69) is 11.1 Å². The molecule has 1 heterocycles. The van der Waals surface area contributed by atoms with Gasteiger partial charge in [0.2, 0.25) is 0 Å². The molecule has 2 aromatic carbocycles. The number of thioether (sulfide) groups is 1. The number of aromatic hydroxyl groups is 1. The van der Waals surface area contributed by atoms with E-state index in [4.69, 9.17) is 5.73 Å². The van der Waals surface area contributed by atoms with Gasteiger partial charge < -0.3 is 10.8 Å². The monoisotopic (exact) mass is 282 g/mol. The minimum absolute atomic E-state index is 0.114. The zero-order valence-electron chi connectivity index (χ0n) is 10.7. The standard InChI is InChI=1S/C16H14N2OS/c17-16-18-14(11-4-2-1-3-5-11)10-15(20-16)12-6-8-13(19)9-7-12/h1-10,15,19H,(H2,17,18). The van der Waals surface area contributed by atoms with Crippen LogP contribution in [0.4, 0.5) is 0 Å². The third-order valence-electron chi connectivity index (χ3n) is 3.08. The molecule has 3 N–H and O–H groups in total. The van der Waals surface area contributed by atoms with Crippen LogP contribution in [0.5, 0.6) is 5.75 Å². The molecule has 0 radical (unpaired) electrons. The van der Waals surface area contributed by atoms with Gasteiger partial charge in [0.1, 0.15) is 5.75 Å². The maximum Gasteiger partial charge on any atom is 0.160 e. The van der Waals surface area contributed by atoms with Crippen LogP contribution in [0, 0.1) is 0 Å². The Morgan fingerprint density at radius 3 is 2.40 bits per heavy atom. The number of hydrogen-bond acceptors (Lipinski definition) is 4. The fourth-order valence-electron chi connectivity index (χ4n) is 2.09. The molecule has 20 heavy (non-hydrogen) atoms. The van der Waals surface area contributed by atoms with Gasteiger partial charge in [-0.1, -0.05) is 54.2 Å². The minimum Gasteiger partial charge on any atom is -0.508 e. The fraction of sp³-hybridized carbons (Fsp3) is 0.0625. The van der Waals surface area contributed by atoms with Crippen LogP contribution in [0.15, 0.2) is 65.7 Å². The molecule has 0 amide bonds. The van der Waals surface area contributed by atoms with Crippen molar-refractivity contribution in [2.24, 2.45) is 10.7 Å². The van der Waals surface area contributed by atoms with E-state index in [9.17, 15) is 5.11 Å². The number of nitrogens with zero attached hydrogens (tertiary/aromatic N) is 1. The van der Waals surface area contributed by atoms with E-state index in [1.54, 1.807) is 12.1 Å². The van der Waals surface area contributed by atoms with Gasteiger partial charge in [0.15, 0.2) is 5.17 Å². The van der Waals surface area contributed by atoms with Crippen molar-refractivity contribution in [3.05, 3.63) is 71.8 Å². The molecule has 1 aliphatic rings. The third kappa shape index (κ3) is 2.70. The number of phenols is 1. The second kappa shape index (κ2) is 5.43. The topological polar surface area (TPSA) is 58.6 Å². The molecule has 0 bridgehead atoms. The van der Waals surface area contributed by atoms with Gasteiger partial charge in [0.25, 0.3) is 0 Å². The summed E-state index contributed by atoms with van der Waals surface area (Å²) in [6.45, 7) is 0. The van der Waals surface area contributed by atoms with E-state index in [1.807, 2.05) is 42.5 Å².